The van der Waals surface area contributed by atoms with Gasteiger partial charge < -0.3 is 18.8 Å². The van der Waals surface area contributed by atoms with Gasteiger partial charge in [0.2, 0.25) is 0 Å². The molecule has 3 rings (SSSR count). The Balaban J connectivity index is 1.42. The van der Waals surface area contributed by atoms with E-state index in [1.165, 1.54) is 0 Å². The first-order chi connectivity index (χ1) is 15.3. The second kappa shape index (κ2) is 10.7. The topological polar surface area (TPSA) is 99.1 Å². The predicted octanol–water partition coefficient (Wildman–Crippen LogP) is 4.31. The van der Waals surface area contributed by atoms with Crippen LogP contribution in [-0.2, 0) is 23.1 Å². The van der Waals surface area contributed by atoms with Crippen molar-refractivity contribution in [2.75, 3.05) is 12.9 Å². The Bertz CT molecular complexity index is 1140. The molecule has 7 nitrogen and oxygen atoms in total. The molecule has 0 saturated carbocycles. The summed E-state index contributed by atoms with van der Waals surface area (Å²) in [6.45, 7) is 0.695. The van der Waals surface area contributed by atoms with Crippen LogP contribution in [0.3, 0.4) is 0 Å². The van der Waals surface area contributed by atoms with Crippen LogP contribution in [0.4, 0.5) is 0 Å². The molecular formula is C24H24O7S. The Morgan fingerprint density at radius 2 is 1.44 bits per heavy atom. The van der Waals surface area contributed by atoms with Crippen molar-refractivity contribution in [1.82, 2.24) is 0 Å². The highest BCUT2D eigenvalue weighted by atomic mass is 32.2. The van der Waals surface area contributed by atoms with Crippen molar-refractivity contribution in [2.45, 2.75) is 19.4 Å². The number of aryl methyl sites for hydroxylation is 1. The van der Waals surface area contributed by atoms with Crippen molar-refractivity contribution >= 4 is 16.1 Å². The highest BCUT2D eigenvalue weighted by Gasteiger charge is 2.09. The van der Waals surface area contributed by atoms with Gasteiger partial charge in [-0.05, 0) is 60.9 Å². The second-order valence-electron chi connectivity index (χ2n) is 7.11. The summed E-state index contributed by atoms with van der Waals surface area (Å²) in [5.74, 6) is 0.575. The maximum atomic E-state index is 11.3. The van der Waals surface area contributed by atoms with Crippen LogP contribution in [0.15, 0.2) is 72.8 Å². The summed E-state index contributed by atoms with van der Waals surface area (Å²) in [5.41, 5.74) is 1.99. The average Bonchev–Trinajstić information content (AvgIpc) is 2.76. The van der Waals surface area contributed by atoms with Crippen LogP contribution in [0.25, 0.3) is 0 Å². The second-order valence-corrected chi connectivity index (χ2v) is 8.68. The highest BCUT2D eigenvalue weighted by molar-refractivity contribution is 7.86. The monoisotopic (exact) mass is 456 g/mol. The molecule has 0 amide bonds. The van der Waals surface area contributed by atoms with E-state index in [4.69, 9.17) is 13.7 Å². The molecule has 3 aromatic carbocycles. The van der Waals surface area contributed by atoms with E-state index < -0.39 is 16.1 Å². The van der Waals surface area contributed by atoms with Crippen LogP contribution in [0.5, 0.6) is 17.2 Å². The summed E-state index contributed by atoms with van der Waals surface area (Å²) in [6.07, 6.45) is 2.61. The van der Waals surface area contributed by atoms with E-state index >= 15 is 0 Å². The zero-order valence-electron chi connectivity index (χ0n) is 17.6. The fraction of sp³-hybridized carbons (Fsp3) is 0.208. The Labute approximate surface area is 187 Å². The maximum absolute atomic E-state index is 11.3. The molecule has 0 aliphatic carbocycles. The van der Waals surface area contributed by atoms with E-state index in [0.29, 0.717) is 23.7 Å². The van der Waals surface area contributed by atoms with E-state index in [9.17, 15) is 18.3 Å². The molecular weight excluding hydrogens is 432 g/mol. The summed E-state index contributed by atoms with van der Waals surface area (Å²) < 4.78 is 38.4. The molecule has 0 aromatic heterocycles. The molecule has 168 valence electrons. The first-order valence-corrected chi connectivity index (χ1v) is 11.8. The van der Waals surface area contributed by atoms with E-state index in [1.807, 2.05) is 24.3 Å². The third kappa shape index (κ3) is 7.31. The fourth-order valence-corrected chi connectivity index (χ4v) is 3.46. The Hall–Kier alpha value is -3.52. The molecule has 0 fully saturated rings. The third-order valence-electron chi connectivity index (χ3n) is 4.52. The molecule has 0 spiro atoms. The average molecular weight is 457 g/mol. The smallest absolute Gasteiger partial charge is 0.336 e. The highest BCUT2D eigenvalue weighted by Crippen LogP contribution is 2.20. The zero-order chi connectivity index (χ0) is 23.0. The molecule has 1 N–H and O–H groups in total. The van der Waals surface area contributed by atoms with Gasteiger partial charge in [0, 0.05) is 5.56 Å². The largest absolute Gasteiger partial charge is 0.494 e. The first kappa shape index (κ1) is 23.1. The summed E-state index contributed by atoms with van der Waals surface area (Å²) >= 11 is 0. The van der Waals surface area contributed by atoms with Gasteiger partial charge in [-0.3, -0.25) is 0 Å². The number of benzene rings is 3. The number of carboxylic acids is 1. The molecule has 0 aliphatic heterocycles. The van der Waals surface area contributed by atoms with Gasteiger partial charge in [0.15, 0.2) is 0 Å². The molecule has 0 unspecified atom stereocenters. The van der Waals surface area contributed by atoms with Crippen molar-refractivity contribution in [3.63, 3.8) is 0 Å². The lowest BCUT2D eigenvalue weighted by atomic mass is 10.1. The van der Waals surface area contributed by atoms with E-state index in [2.05, 4.69) is 0 Å². The fourth-order valence-electron chi connectivity index (χ4n) is 3.00. The van der Waals surface area contributed by atoms with Gasteiger partial charge in [0.25, 0.3) is 0 Å². The van der Waals surface area contributed by atoms with Crippen LogP contribution < -0.4 is 13.7 Å². The number of hydrogen-bond acceptors (Lipinski definition) is 6. The van der Waals surface area contributed by atoms with Crippen molar-refractivity contribution in [2.24, 2.45) is 0 Å². The molecule has 0 atom stereocenters. The Kier molecular flexibility index (Phi) is 7.72. The summed E-state index contributed by atoms with van der Waals surface area (Å²) in [6, 6.07) is 20.8. The summed E-state index contributed by atoms with van der Waals surface area (Å²) in [7, 11) is -3.54. The van der Waals surface area contributed by atoms with Crippen molar-refractivity contribution in [1.29, 1.82) is 0 Å². The molecule has 3 aromatic rings. The molecule has 0 bridgehead atoms. The van der Waals surface area contributed by atoms with Gasteiger partial charge in [0.05, 0.1) is 18.4 Å². The minimum Gasteiger partial charge on any atom is -0.494 e. The van der Waals surface area contributed by atoms with E-state index in [0.717, 1.165) is 24.7 Å². The Morgan fingerprint density at radius 3 is 2.09 bits per heavy atom. The number of carbonyl (C=O) groups is 1. The van der Waals surface area contributed by atoms with Crippen LogP contribution in [0.2, 0.25) is 0 Å². The zero-order valence-corrected chi connectivity index (χ0v) is 18.4. The van der Waals surface area contributed by atoms with Crippen molar-refractivity contribution in [3.8, 4) is 17.2 Å². The maximum Gasteiger partial charge on any atom is 0.336 e. The molecule has 32 heavy (non-hydrogen) atoms. The molecule has 8 heteroatoms. The lowest BCUT2D eigenvalue weighted by molar-refractivity contribution is 0.0694. The van der Waals surface area contributed by atoms with Gasteiger partial charge in [-0.15, -0.1) is 0 Å². The number of rotatable bonds is 11. The van der Waals surface area contributed by atoms with Crippen molar-refractivity contribution < 1.29 is 32.0 Å². The standard InChI is InChI=1S/C24H24O7S/c1-32(27,28)31-22-14-12-20(13-15-22)29-16-4-5-18-8-10-21(11-9-18)30-17-19-6-2-3-7-23(19)24(25)26/h2-3,6-15H,4-5,16-17H2,1H3,(H,25,26). The summed E-state index contributed by atoms with van der Waals surface area (Å²) in [4.78, 5) is 11.3. The van der Waals surface area contributed by atoms with Gasteiger partial charge in [0.1, 0.15) is 23.9 Å². The molecule has 0 heterocycles. The third-order valence-corrected chi connectivity index (χ3v) is 5.01. The first-order valence-electron chi connectivity index (χ1n) is 9.95. The summed E-state index contributed by atoms with van der Waals surface area (Å²) in [5, 5.41) is 9.23. The predicted molar refractivity (Wildman–Crippen MR) is 120 cm³/mol. The van der Waals surface area contributed by atoms with Crippen LogP contribution in [0, 0.1) is 0 Å². The van der Waals surface area contributed by atoms with Gasteiger partial charge in [-0.25, -0.2) is 4.79 Å². The molecule has 0 saturated heterocycles. The number of carboxylic acid groups (broad SMARTS) is 1. The molecule has 0 radical (unpaired) electrons. The van der Waals surface area contributed by atoms with Crippen LogP contribution in [0.1, 0.15) is 27.9 Å². The van der Waals surface area contributed by atoms with E-state index in [1.54, 1.807) is 48.5 Å². The lowest BCUT2D eigenvalue weighted by Crippen LogP contribution is -2.05. The number of ether oxygens (including phenoxy) is 2. The van der Waals surface area contributed by atoms with Gasteiger partial charge in [-0.1, -0.05) is 30.3 Å². The minimum atomic E-state index is -3.54. The quantitative estimate of drug-likeness (QED) is 0.339. The van der Waals surface area contributed by atoms with Gasteiger partial charge >= 0.3 is 16.1 Å². The number of aromatic carboxylic acids is 1. The normalized spacial score (nSPS) is 11.0. The number of hydrogen-bond donors (Lipinski definition) is 1. The molecule has 0 aliphatic rings. The minimum absolute atomic E-state index is 0.184. The Morgan fingerprint density at radius 1 is 0.844 bits per heavy atom. The SMILES string of the molecule is CS(=O)(=O)Oc1ccc(OCCCc2ccc(OCc3ccccc3C(=O)O)cc2)cc1. The van der Waals surface area contributed by atoms with E-state index in [-0.39, 0.29) is 17.9 Å². The van der Waals surface area contributed by atoms with Crippen molar-refractivity contribution in [3.05, 3.63) is 89.5 Å². The lowest BCUT2D eigenvalue weighted by Gasteiger charge is -2.10. The van der Waals surface area contributed by atoms with Crippen LogP contribution >= 0.6 is 0 Å². The van der Waals surface area contributed by atoms with Crippen LogP contribution in [-0.4, -0.2) is 32.4 Å². The van der Waals surface area contributed by atoms with Gasteiger partial charge in [-0.2, -0.15) is 8.42 Å².